The molecule has 1 aliphatic heterocycles. The van der Waals surface area contributed by atoms with Crippen molar-refractivity contribution in [2.24, 2.45) is 7.05 Å². The predicted molar refractivity (Wildman–Crippen MR) is 75.4 cm³/mol. The van der Waals surface area contributed by atoms with Gasteiger partial charge in [-0.3, -0.25) is 5.10 Å². The number of likely N-dealkylation sites (tertiary alicyclic amines) is 1. The molecule has 8 heteroatoms. The third kappa shape index (κ3) is 3.04. The van der Waals surface area contributed by atoms with E-state index in [0.29, 0.717) is 13.1 Å². The van der Waals surface area contributed by atoms with E-state index < -0.39 is 0 Å². The minimum atomic E-state index is -0.0449. The van der Waals surface area contributed by atoms with Gasteiger partial charge in [0.1, 0.15) is 12.2 Å². The summed E-state index contributed by atoms with van der Waals surface area (Å²) in [5.41, 5.74) is 0.894. The van der Waals surface area contributed by atoms with Crippen LogP contribution in [0.3, 0.4) is 0 Å². The summed E-state index contributed by atoms with van der Waals surface area (Å²) in [6.07, 6.45) is 5.39. The van der Waals surface area contributed by atoms with Crippen LogP contribution in [0.25, 0.3) is 0 Å². The van der Waals surface area contributed by atoms with Crippen molar-refractivity contribution < 1.29 is 4.79 Å². The molecule has 8 nitrogen and oxygen atoms in total. The molecule has 0 aliphatic carbocycles. The number of amides is 2. The number of carbonyl (C=O) groups is 1. The topological polar surface area (TPSA) is 91.7 Å². The second kappa shape index (κ2) is 5.94. The third-order valence-electron chi connectivity index (χ3n) is 3.81. The Morgan fingerprint density at radius 2 is 2.48 bits per heavy atom. The summed E-state index contributed by atoms with van der Waals surface area (Å²) in [5, 5.41) is 17.7. The van der Waals surface area contributed by atoms with Crippen molar-refractivity contribution in [3.63, 3.8) is 0 Å². The zero-order valence-electron chi connectivity index (χ0n) is 12.0. The molecule has 0 aromatic carbocycles. The van der Waals surface area contributed by atoms with Crippen LogP contribution in [0.1, 0.15) is 30.3 Å². The maximum atomic E-state index is 12.2. The van der Waals surface area contributed by atoms with Crippen molar-refractivity contribution in [1.82, 2.24) is 35.2 Å². The highest BCUT2D eigenvalue weighted by Gasteiger charge is 2.27. The lowest BCUT2D eigenvalue weighted by Gasteiger charge is -2.32. The van der Waals surface area contributed by atoms with Gasteiger partial charge >= 0.3 is 6.03 Å². The molecule has 0 unspecified atom stereocenters. The van der Waals surface area contributed by atoms with Crippen LogP contribution in [0.5, 0.6) is 0 Å². The van der Waals surface area contributed by atoms with Crippen molar-refractivity contribution in [3.05, 3.63) is 30.1 Å². The van der Waals surface area contributed by atoms with E-state index in [4.69, 9.17) is 0 Å². The molecular formula is C13H19N7O. The molecule has 2 aromatic rings. The molecule has 112 valence electrons. The molecule has 0 saturated carbocycles. The zero-order chi connectivity index (χ0) is 14.7. The lowest BCUT2D eigenvalue weighted by Crippen LogP contribution is -2.45. The molecule has 2 aromatic heterocycles. The fourth-order valence-corrected chi connectivity index (χ4v) is 2.70. The van der Waals surface area contributed by atoms with Gasteiger partial charge in [-0.1, -0.05) is 0 Å². The SMILES string of the molecule is Cn1cnnc1[C@@H]1CCCN(C(=O)NCc2ccn[nH]2)C1. The number of H-pyrrole nitrogens is 1. The van der Waals surface area contributed by atoms with E-state index in [-0.39, 0.29) is 11.9 Å². The van der Waals surface area contributed by atoms with Gasteiger partial charge in [0.05, 0.1) is 12.2 Å². The molecule has 2 amide bonds. The average molecular weight is 289 g/mol. The molecule has 0 bridgehead atoms. The van der Waals surface area contributed by atoms with Crippen LogP contribution in [0.4, 0.5) is 4.79 Å². The van der Waals surface area contributed by atoms with Crippen LogP contribution in [0.15, 0.2) is 18.6 Å². The fraction of sp³-hybridized carbons (Fsp3) is 0.538. The second-order valence-electron chi connectivity index (χ2n) is 5.33. The molecule has 3 rings (SSSR count). The van der Waals surface area contributed by atoms with Crippen LogP contribution in [-0.2, 0) is 13.6 Å². The Bertz CT molecular complexity index is 591. The number of hydrogen-bond donors (Lipinski definition) is 2. The molecule has 1 saturated heterocycles. The minimum Gasteiger partial charge on any atom is -0.332 e. The van der Waals surface area contributed by atoms with Gasteiger partial charge < -0.3 is 14.8 Å². The number of aromatic nitrogens is 5. The number of hydrogen-bond acceptors (Lipinski definition) is 4. The number of aromatic amines is 1. The van der Waals surface area contributed by atoms with Gasteiger partial charge in [0.2, 0.25) is 0 Å². The first-order valence-corrected chi connectivity index (χ1v) is 7.09. The van der Waals surface area contributed by atoms with Crippen molar-refractivity contribution in [2.45, 2.75) is 25.3 Å². The highest BCUT2D eigenvalue weighted by molar-refractivity contribution is 5.74. The standard InChI is InChI=1S/C13H19N7O/c1-19-9-16-18-12(19)10-3-2-6-20(8-10)13(21)14-7-11-4-5-15-17-11/h4-5,9-10H,2-3,6-8H2,1H3,(H,14,21)(H,15,17)/t10-/m1/s1. The average Bonchev–Trinajstić information content (AvgIpc) is 3.16. The predicted octanol–water partition coefficient (Wildman–Crippen LogP) is 0.627. The molecule has 1 atom stereocenters. The summed E-state index contributed by atoms with van der Waals surface area (Å²) >= 11 is 0. The van der Waals surface area contributed by atoms with E-state index in [2.05, 4.69) is 25.7 Å². The van der Waals surface area contributed by atoms with Crippen LogP contribution in [0.2, 0.25) is 0 Å². The minimum absolute atomic E-state index is 0.0449. The Morgan fingerprint density at radius 1 is 1.57 bits per heavy atom. The van der Waals surface area contributed by atoms with Gasteiger partial charge in [0.25, 0.3) is 0 Å². The monoisotopic (exact) mass is 289 g/mol. The van der Waals surface area contributed by atoms with E-state index in [0.717, 1.165) is 30.9 Å². The van der Waals surface area contributed by atoms with Crippen molar-refractivity contribution in [2.75, 3.05) is 13.1 Å². The van der Waals surface area contributed by atoms with Gasteiger partial charge in [-0.05, 0) is 18.9 Å². The van der Waals surface area contributed by atoms with Gasteiger partial charge in [-0.2, -0.15) is 5.10 Å². The summed E-state index contributed by atoms with van der Waals surface area (Å²) in [4.78, 5) is 14.1. The number of rotatable bonds is 3. The summed E-state index contributed by atoms with van der Waals surface area (Å²) in [6.45, 7) is 1.93. The van der Waals surface area contributed by atoms with Crippen LogP contribution in [0, 0.1) is 0 Å². The maximum absolute atomic E-state index is 12.2. The number of piperidine rings is 1. The first kappa shape index (κ1) is 13.6. The molecule has 1 fully saturated rings. The first-order chi connectivity index (χ1) is 10.2. The zero-order valence-corrected chi connectivity index (χ0v) is 12.0. The number of aryl methyl sites for hydroxylation is 1. The van der Waals surface area contributed by atoms with Gasteiger partial charge in [0.15, 0.2) is 0 Å². The van der Waals surface area contributed by atoms with Crippen molar-refractivity contribution in [3.8, 4) is 0 Å². The Morgan fingerprint density at radius 3 is 3.19 bits per heavy atom. The van der Waals surface area contributed by atoms with Gasteiger partial charge in [0, 0.05) is 32.3 Å². The third-order valence-corrected chi connectivity index (χ3v) is 3.81. The number of nitrogens with zero attached hydrogens (tertiary/aromatic N) is 5. The fourth-order valence-electron chi connectivity index (χ4n) is 2.70. The Labute approximate surface area is 122 Å². The number of carbonyl (C=O) groups excluding carboxylic acids is 1. The van der Waals surface area contributed by atoms with E-state index in [9.17, 15) is 4.79 Å². The Hall–Kier alpha value is -2.38. The summed E-state index contributed by atoms with van der Waals surface area (Å²) in [5.74, 6) is 1.20. The molecule has 0 spiro atoms. The van der Waals surface area contributed by atoms with Crippen LogP contribution in [-0.4, -0.2) is 49.0 Å². The van der Waals surface area contributed by atoms with Crippen LogP contribution >= 0.6 is 0 Å². The maximum Gasteiger partial charge on any atom is 0.317 e. The summed E-state index contributed by atoms with van der Waals surface area (Å²) < 4.78 is 1.93. The highest BCUT2D eigenvalue weighted by Crippen LogP contribution is 2.24. The molecule has 1 aliphatic rings. The molecule has 3 heterocycles. The van der Waals surface area contributed by atoms with Gasteiger partial charge in [-0.25, -0.2) is 4.79 Å². The molecular weight excluding hydrogens is 270 g/mol. The summed E-state index contributed by atoms with van der Waals surface area (Å²) in [6, 6.07) is 1.80. The largest absolute Gasteiger partial charge is 0.332 e. The lowest BCUT2D eigenvalue weighted by molar-refractivity contribution is 0.177. The van der Waals surface area contributed by atoms with Gasteiger partial charge in [-0.15, -0.1) is 10.2 Å². The van der Waals surface area contributed by atoms with Crippen molar-refractivity contribution >= 4 is 6.03 Å². The Kier molecular flexibility index (Phi) is 3.85. The normalized spacial score (nSPS) is 18.7. The molecule has 2 N–H and O–H groups in total. The van der Waals surface area contributed by atoms with E-state index in [1.807, 2.05) is 22.6 Å². The summed E-state index contributed by atoms with van der Waals surface area (Å²) in [7, 11) is 1.94. The second-order valence-corrected chi connectivity index (χ2v) is 5.33. The van der Waals surface area contributed by atoms with Crippen molar-refractivity contribution in [1.29, 1.82) is 0 Å². The first-order valence-electron chi connectivity index (χ1n) is 7.09. The number of nitrogens with one attached hydrogen (secondary N) is 2. The molecule has 21 heavy (non-hydrogen) atoms. The van der Waals surface area contributed by atoms with E-state index in [1.165, 1.54) is 0 Å². The number of urea groups is 1. The smallest absolute Gasteiger partial charge is 0.317 e. The Balaban J connectivity index is 1.58. The lowest BCUT2D eigenvalue weighted by atomic mass is 9.97. The van der Waals surface area contributed by atoms with E-state index in [1.54, 1.807) is 12.5 Å². The van der Waals surface area contributed by atoms with E-state index >= 15 is 0 Å². The van der Waals surface area contributed by atoms with Crippen LogP contribution < -0.4 is 5.32 Å². The molecule has 0 radical (unpaired) electrons. The quantitative estimate of drug-likeness (QED) is 0.867. The highest BCUT2D eigenvalue weighted by atomic mass is 16.2.